The number of rotatable bonds is 4. The van der Waals surface area contributed by atoms with E-state index in [9.17, 15) is 0 Å². The number of aryl methyl sites for hydroxylation is 1. The molecule has 0 bridgehead atoms. The summed E-state index contributed by atoms with van der Waals surface area (Å²) >= 11 is 0. The number of H-pyrrole nitrogens is 1. The molecular formula is C14H19N3. The van der Waals surface area contributed by atoms with E-state index in [1.807, 2.05) is 7.05 Å². The van der Waals surface area contributed by atoms with Crippen molar-refractivity contribution in [3.63, 3.8) is 0 Å². The lowest BCUT2D eigenvalue weighted by Crippen LogP contribution is -2.23. The van der Waals surface area contributed by atoms with Gasteiger partial charge in [-0.25, -0.2) is 0 Å². The van der Waals surface area contributed by atoms with Crippen molar-refractivity contribution < 1.29 is 0 Å². The van der Waals surface area contributed by atoms with Crippen LogP contribution in [0.2, 0.25) is 0 Å². The third kappa shape index (κ3) is 2.94. The zero-order valence-electron chi connectivity index (χ0n) is 10.6. The molecule has 0 fully saturated rings. The summed E-state index contributed by atoms with van der Waals surface area (Å²) in [5.41, 5.74) is 4.62. The molecule has 0 saturated carbocycles. The first-order chi connectivity index (χ1) is 8.19. The quantitative estimate of drug-likeness (QED) is 0.846. The van der Waals surface area contributed by atoms with Crippen LogP contribution in [0.4, 0.5) is 0 Å². The molecule has 0 radical (unpaired) electrons. The van der Waals surface area contributed by atoms with Gasteiger partial charge in [-0.2, -0.15) is 5.10 Å². The Morgan fingerprint density at radius 2 is 2.18 bits per heavy atom. The summed E-state index contributed by atoms with van der Waals surface area (Å²) in [7, 11) is 1.97. The fraction of sp³-hybridized carbons (Fsp3) is 0.357. The average molecular weight is 229 g/mol. The minimum atomic E-state index is 0.459. The van der Waals surface area contributed by atoms with Crippen molar-refractivity contribution in [2.75, 3.05) is 7.05 Å². The third-order valence-corrected chi connectivity index (χ3v) is 2.96. The molecule has 0 saturated heterocycles. The summed E-state index contributed by atoms with van der Waals surface area (Å²) in [4.78, 5) is 0. The Morgan fingerprint density at radius 3 is 2.88 bits per heavy atom. The minimum Gasteiger partial charge on any atom is -0.317 e. The molecule has 0 aliphatic carbocycles. The summed E-state index contributed by atoms with van der Waals surface area (Å²) in [5.74, 6) is 0. The number of likely N-dealkylation sites (N-methyl/N-ethyl adjacent to an activating group) is 1. The summed E-state index contributed by atoms with van der Waals surface area (Å²) < 4.78 is 0. The number of aromatic amines is 1. The zero-order chi connectivity index (χ0) is 12.3. The molecular weight excluding hydrogens is 210 g/mol. The minimum absolute atomic E-state index is 0.459. The SMILES string of the molecule is CNC(C)Cc1cc(-c2cccc(C)c2)n[nH]1. The fourth-order valence-electron chi connectivity index (χ4n) is 1.85. The molecule has 1 aromatic carbocycles. The lowest BCUT2D eigenvalue weighted by atomic mass is 10.1. The van der Waals surface area contributed by atoms with Gasteiger partial charge in [0, 0.05) is 23.7 Å². The Bertz CT molecular complexity index is 488. The molecule has 2 N–H and O–H groups in total. The monoisotopic (exact) mass is 229 g/mol. The number of hydrogen-bond donors (Lipinski definition) is 2. The van der Waals surface area contributed by atoms with Gasteiger partial charge in [0.15, 0.2) is 0 Å². The maximum absolute atomic E-state index is 4.36. The van der Waals surface area contributed by atoms with Crippen molar-refractivity contribution in [3.05, 3.63) is 41.6 Å². The van der Waals surface area contributed by atoms with Crippen LogP contribution in [-0.2, 0) is 6.42 Å². The van der Waals surface area contributed by atoms with Gasteiger partial charge in [0.2, 0.25) is 0 Å². The molecule has 17 heavy (non-hydrogen) atoms. The van der Waals surface area contributed by atoms with E-state index in [4.69, 9.17) is 0 Å². The molecule has 3 nitrogen and oxygen atoms in total. The molecule has 2 rings (SSSR count). The molecule has 1 aromatic heterocycles. The van der Waals surface area contributed by atoms with Crippen LogP contribution < -0.4 is 5.32 Å². The van der Waals surface area contributed by atoms with Crippen LogP contribution in [0.5, 0.6) is 0 Å². The van der Waals surface area contributed by atoms with Crippen LogP contribution in [0, 0.1) is 6.92 Å². The highest BCUT2D eigenvalue weighted by Crippen LogP contribution is 2.19. The van der Waals surface area contributed by atoms with Gasteiger partial charge < -0.3 is 5.32 Å². The van der Waals surface area contributed by atoms with Gasteiger partial charge in [-0.3, -0.25) is 5.10 Å². The molecule has 3 heteroatoms. The van der Waals surface area contributed by atoms with Gasteiger partial charge in [0.1, 0.15) is 0 Å². The lowest BCUT2D eigenvalue weighted by molar-refractivity contribution is 0.600. The summed E-state index contributed by atoms with van der Waals surface area (Å²) in [6, 6.07) is 11.0. The Balaban J connectivity index is 2.18. The van der Waals surface area contributed by atoms with Gasteiger partial charge in [0.05, 0.1) is 5.69 Å². The first kappa shape index (κ1) is 11.9. The van der Waals surface area contributed by atoms with Crippen molar-refractivity contribution in [2.45, 2.75) is 26.3 Å². The van der Waals surface area contributed by atoms with Crippen LogP contribution in [-0.4, -0.2) is 23.3 Å². The Morgan fingerprint density at radius 1 is 1.35 bits per heavy atom. The van der Waals surface area contributed by atoms with Crippen LogP contribution in [0.25, 0.3) is 11.3 Å². The molecule has 1 atom stereocenters. The van der Waals surface area contributed by atoms with E-state index in [1.54, 1.807) is 0 Å². The number of nitrogens with one attached hydrogen (secondary N) is 2. The first-order valence-corrected chi connectivity index (χ1v) is 5.97. The van der Waals surface area contributed by atoms with E-state index in [0.717, 1.165) is 12.1 Å². The first-order valence-electron chi connectivity index (χ1n) is 5.97. The van der Waals surface area contributed by atoms with E-state index >= 15 is 0 Å². The van der Waals surface area contributed by atoms with Gasteiger partial charge >= 0.3 is 0 Å². The lowest BCUT2D eigenvalue weighted by Gasteiger charge is -2.06. The van der Waals surface area contributed by atoms with Crippen molar-refractivity contribution in [3.8, 4) is 11.3 Å². The molecule has 1 unspecified atom stereocenters. The number of nitrogens with zero attached hydrogens (tertiary/aromatic N) is 1. The topological polar surface area (TPSA) is 40.7 Å². The van der Waals surface area contributed by atoms with Gasteiger partial charge in [-0.05, 0) is 33.0 Å². The largest absolute Gasteiger partial charge is 0.317 e. The molecule has 2 aromatic rings. The third-order valence-electron chi connectivity index (χ3n) is 2.96. The zero-order valence-corrected chi connectivity index (χ0v) is 10.6. The Kier molecular flexibility index (Phi) is 3.59. The highest BCUT2D eigenvalue weighted by molar-refractivity contribution is 5.60. The maximum Gasteiger partial charge on any atom is 0.0923 e. The Labute approximate surface area is 102 Å². The van der Waals surface area contributed by atoms with Crippen LogP contribution in [0.3, 0.4) is 0 Å². The molecule has 90 valence electrons. The van der Waals surface area contributed by atoms with Crippen molar-refractivity contribution in [2.24, 2.45) is 0 Å². The van der Waals surface area contributed by atoms with E-state index in [-0.39, 0.29) is 0 Å². The number of aromatic nitrogens is 2. The molecule has 1 heterocycles. The molecule has 0 aliphatic rings. The van der Waals surface area contributed by atoms with E-state index < -0.39 is 0 Å². The second-order valence-corrected chi connectivity index (χ2v) is 4.54. The van der Waals surface area contributed by atoms with Crippen LogP contribution in [0.15, 0.2) is 30.3 Å². The molecule has 0 amide bonds. The van der Waals surface area contributed by atoms with Crippen molar-refractivity contribution >= 4 is 0 Å². The van der Waals surface area contributed by atoms with Crippen LogP contribution >= 0.6 is 0 Å². The predicted octanol–water partition coefficient (Wildman–Crippen LogP) is 2.54. The highest BCUT2D eigenvalue weighted by atomic mass is 15.1. The van der Waals surface area contributed by atoms with Crippen LogP contribution in [0.1, 0.15) is 18.2 Å². The standard InChI is InChI=1S/C14H19N3/c1-10-5-4-6-12(7-10)14-9-13(16-17-14)8-11(2)15-3/h4-7,9,11,15H,8H2,1-3H3,(H,16,17). The summed E-state index contributed by atoms with van der Waals surface area (Å²) in [5, 5.41) is 10.7. The summed E-state index contributed by atoms with van der Waals surface area (Å²) in [6.07, 6.45) is 0.968. The van der Waals surface area contributed by atoms with E-state index in [0.29, 0.717) is 6.04 Å². The van der Waals surface area contributed by atoms with E-state index in [1.165, 1.54) is 16.8 Å². The maximum atomic E-state index is 4.36. The number of benzene rings is 1. The number of hydrogen-bond acceptors (Lipinski definition) is 2. The second kappa shape index (κ2) is 5.15. The van der Waals surface area contributed by atoms with Gasteiger partial charge in [-0.15, -0.1) is 0 Å². The Hall–Kier alpha value is -1.61. The predicted molar refractivity (Wildman–Crippen MR) is 71.0 cm³/mol. The van der Waals surface area contributed by atoms with Crippen molar-refractivity contribution in [1.82, 2.24) is 15.5 Å². The van der Waals surface area contributed by atoms with Gasteiger partial charge in [0.25, 0.3) is 0 Å². The van der Waals surface area contributed by atoms with E-state index in [2.05, 4.69) is 59.7 Å². The highest BCUT2D eigenvalue weighted by Gasteiger charge is 2.06. The van der Waals surface area contributed by atoms with Gasteiger partial charge in [-0.1, -0.05) is 23.8 Å². The average Bonchev–Trinajstić information content (AvgIpc) is 2.77. The van der Waals surface area contributed by atoms with Crippen molar-refractivity contribution in [1.29, 1.82) is 0 Å². The molecule has 0 aliphatic heterocycles. The smallest absolute Gasteiger partial charge is 0.0923 e. The normalized spacial score (nSPS) is 12.6. The molecule has 0 spiro atoms. The fourth-order valence-corrected chi connectivity index (χ4v) is 1.85. The summed E-state index contributed by atoms with van der Waals surface area (Å²) in [6.45, 7) is 4.26. The second-order valence-electron chi connectivity index (χ2n) is 4.54.